The van der Waals surface area contributed by atoms with Gasteiger partial charge in [0.15, 0.2) is 0 Å². The number of hydrogen-bond donors (Lipinski definition) is 1. The lowest BCUT2D eigenvalue weighted by Gasteiger charge is -2.11. The first kappa shape index (κ1) is 13.2. The van der Waals surface area contributed by atoms with E-state index in [9.17, 15) is 0 Å². The minimum atomic E-state index is 0.272. The molecule has 2 aromatic carbocycles. The molecule has 0 saturated carbocycles. The number of nitrogens with one attached hydrogen (secondary N) is 1. The molecule has 2 nitrogen and oxygen atoms in total. The molecular weight excluding hydrogens is 234 g/mol. The highest BCUT2D eigenvalue weighted by Gasteiger charge is 1.98. The standard InChI is InChI=1S/C17H19NO/c1-14(8-9-15-6-4-3-5-7-15)18-16-10-12-17(19-2)13-11-16/h3-14,18H,1-2H3/b9-8+/t14-/m1/s1. The van der Waals surface area contributed by atoms with Crippen molar-refractivity contribution in [1.82, 2.24) is 0 Å². The molecule has 0 spiro atoms. The molecule has 0 radical (unpaired) electrons. The fraction of sp³-hybridized carbons (Fsp3) is 0.176. The monoisotopic (exact) mass is 253 g/mol. The van der Waals surface area contributed by atoms with Gasteiger partial charge in [-0.25, -0.2) is 0 Å². The summed E-state index contributed by atoms with van der Waals surface area (Å²) in [6.45, 7) is 2.13. The summed E-state index contributed by atoms with van der Waals surface area (Å²) in [5, 5.41) is 3.42. The lowest BCUT2D eigenvalue weighted by Crippen LogP contribution is -2.11. The van der Waals surface area contributed by atoms with Crippen molar-refractivity contribution >= 4 is 11.8 Å². The number of methoxy groups -OCH3 is 1. The largest absolute Gasteiger partial charge is 0.497 e. The Balaban J connectivity index is 1.93. The van der Waals surface area contributed by atoms with E-state index in [0.717, 1.165) is 11.4 Å². The van der Waals surface area contributed by atoms with Gasteiger partial charge in [0.2, 0.25) is 0 Å². The smallest absolute Gasteiger partial charge is 0.119 e. The second kappa shape index (κ2) is 6.64. The minimum Gasteiger partial charge on any atom is -0.497 e. The first-order chi connectivity index (χ1) is 9.28. The Kier molecular flexibility index (Phi) is 4.62. The van der Waals surface area contributed by atoms with Gasteiger partial charge in [-0.3, -0.25) is 0 Å². The van der Waals surface area contributed by atoms with Crippen molar-refractivity contribution < 1.29 is 4.74 Å². The minimum absolute atomic E-state index is 0.272. The third kappa shape index (κ3) is 4.18. The molecule has 1 N–H and O–H groups in total. The van der Waals surface area contributed by atoms with Crippen molar-refractivity contribution in [2.45, 2.75) is 13.0 Å². The van der Waals surface area contributed by atoms with Crippen LogP contribution in [0, 0.1) is 0 Å². The van der Waals surface area contributed by atoms with Gasteiger partial charge in [0.05, 0.1) is 7.11 Å². The summed E-state index contributed by atoms with van der Waals surface area (Å²) in [6.07, 6.45) is 4.28. The van der Waals surface area contributed by atoms with Crippen molar-refractivity contribution in [2.75, 3.05) is 12.4 Å². The molecule has 0 aliphatic heterocycles. The van der Waals surface area contributed by atoms with Crippen molar-refractivity contribution in [3.05, 3.63) is 66.2 Å². The van der Waals surface area contributed by atoms with E-state index in [-0.39, 0.29) is 6.04 Å². The Morgan fingerprint density at radius 1 is 1.00 bits per heavy atom. The first-order valence-electron chi connectivity index (χ1n) is 6.42. The van der Waals surface area contributed by atoms with Gasteiger partial charge < -0.3 is 10.1 Å². The predicted octanol–water partition coefficient (Wildman–Crippen LogP) is 4.21. The lowest BCUT2D eigenvalue weighted by molar-refractivity contribution is 0.415. The number of rotatable bonds is 5. The van der Waals surface area contributed by atoms with E-state index >= 15 is 0 Å². The average molecular weight is 253 g/mol. The molecule has 0 bridgehead atoms. The fourth-order valence-electron chi connectivity index (χ4n) is 1.82. The summed E-state index contributed by atoms with van der Waals surface area (Å²) >= 11 is 0. The van der Waals surface area contributed by atoms with Gasteiger partial charge in [0.25, 0.3) is 0 Å². The molecule has 98 valence electrons. The van der Waals surface area contributed by atoms with Crippen LogP contribution in [0.4, 0.5) is 5.69 Å². The predicted molar refractivity (Wildman–Crippen MR) is 81.6 cm³/mol. The molecule has 0 aliphatic rings. The van der Waals surface area contributed by atoms with E-state index in [4.69, 9.17) is 4.74 Å². The number of benzene rings is 2. The summed E-state index contributed by atoms with van der Waals surface area (Å²) in [5.74, 6) is 0.873. The SMILES string of the molecule is COc1ccc(N[C@H](C)/C=C/c2ccccc2)cc1. The molecule has 0 saturated heterocycles. The number of ether oxygens (including phenoxy) is 1. The molecule has 2 heteroatoms. The van der Waals surface area contributed by atoms with E-state index in [1.807, 2.05) is 42.5 Å². The summed E-state index contributed by atoms with van der Waals surface area (Å²) in [7, 11) is 1.67. The summed E-state index contributed by atoms with van der Waals surface area (Å²) in [5.41, 5.74) is 2.30. The van der Waals surface area contributed by atoms with Crippen molar-refractivity contribution in [2.24, 2.45) is 0 Å². The van der Waals surface area contributed by atoms with Gasteiger partial charge >= 0.3 is 0 Å². The van der Waals surface area contributed by atoms with Crippen LogP contribution in [0.1, 0.15) is 12.5 Å². The quantitative estimate of drug-likeness (QED) is 0.862. The zero-order chi connectivity index (χ0) is 13.5. The second-order valence-corrected chi connectivity index (χ2v) is 4.43. The first-order valence-corrected chi connectivity index (χ1v) is 6.42. The molecule has 0 fully saturated rings. The van der Waals surface area contributed by atoms with Gasteiger partial charge in [0, 0.05) is 11.7 Å². The van der Waals surface area contributed by atoms with E-state index in [0.29, 0.717) is 0 Å². The van der Waals surface area contributed by atoms with Crippen LogP contribution in [0.25, 0.3) is 6.08 Å². The molecule has 0 aromatic heterocycles. The zero-order valence-electron chi connectivity index (χ0n) is 11.3. The van der Waals surface area contributed by atoms with Gasteiger partial charge in [0.1, 0.15) is 5.75 Å². The van der Waals surface area contributed by atoms with E-state index in [2.05, 4.69) is 36.5 Å². The Morgan fingerprint density at radius 3 is 2.32 bits per heavy atom. The molecule has 0 aliphatic carbocycles. The highest BCUT2D eigenvalue weighted by molar-refractivity contribution is 5.52. The molecule has 2 rings (SSSR count). The van der Waals surface area contributed by atoms with E-state index < -0.39 is 0 Å². The topological polar surface area (TPSA) is 21.3 Å². The highest BCUT2D eigenvalue weighted by Crippen LogP contribution is 2.16. The third-order valence-electron chi connectivity index (χ3n) is 2.86. The highest BCUT2D eigenvalue weighted by atomic mass is 16.5. The van der Waals surface area contributed by atoms with Gasteiger partial charge in [-0.2, -0.15) is 0 Å². The number of hydrogen-bond acceptors (Lipinski definition) is 2. The summed E-state index contributed by atoms with van der Waals surface area (Å²) in [4.78, 5) is 0. The van der Waals surface area contributed by atoms with Crippen LogP contribution in [-0.2, 0) is 0 Å². The molecule has 1 atom stereocenters. The van der Waals surface area contributed by atoms with Crippen LogP contribution in [0.15, 0.2) is 60.7 Å². The molecule has 0 amide bonds. The van der Waals surface area contributed by atoms with Crippen LogP contribution in [0.3, 0.4) is 0 Å². The Morgan fingerprint density at radius 2 is 1.68 bits per heavy atom. The third-order valence-corrected chi connectivity index (χ3v) is 2.86. The van der Waals surface area contributed by atoms with Crippen LogP contribution >= 0.6 is 0 Å². The maximum atomic E-state index is 5.14. The average Bonchev–Trinajstić information content (AvgIpc) is 2.47. The van der Waals surface area contributed by atoms with Crippen LogP contribution in [0.5, 0.6) is 5.75 Å². The lowest BCUT2D eigenvalue weighted by atomic mass is 10.2. The Hall–Kier alpha value is -2.22. The molecule has 0 heterocycles. The Bertz CT molecular complexity index is 517. The molecule has 0 unspecified atom stereocenters. The van der Waals surface area contributed by atoms with Crippen LogP contribution < -0.4 is 10.1 Å². The summed E-state index contributed by atoms with van der Waals surface area (Å²) < 4.78 is 5.14. The van der Waals surface area contributed by atoms with Crippen LogP contribution in [-0.4, -0.2) is 13.2 Å². The van der Waals surface area contributed by atoms with Gasteiger partial charge in [-0.1, -0.05) is 42.5 Å². The Labute approximate surface area is 114 Å². The van der Waals surface area contributed by atoms with Crippen molar-refractivity contribution in [1.29, 1.82) is 0 Å². The maximum Gasteiger partial charge on any atom is 0.119 e. The van der Waals surface area contributed by atoms with Crippen molar-refractivity contribution in [3.8, 4) is 5.75 Å². The summed E-state index contributed by atoms with van der Waals surface area (Å²) in [6, 6.07) is 18.5. The molecule has 2 aromatic rings. The number of anilines is 1. The van der Waals surface area contributed by atoms with E-state index in [1.54, 1.807) is 7.11 Å². The van der Waals surface area contributed by atoms with Gasteiger partial charge in [-0.05, 0) is 36.8 Å². The molecular formula is C17H19NO. The van der Waals surface area contributed by atoms with E-state index in [1.165, 1.54) is 5.56 Å². The fourth-order valence-corrected chi connectivity index (χ4v) is 1.82. The van der Waals surface area contributed by atoms with Gasteiger partial charge in [-0.15, -0.1) is 0 Å². The zero-order valence-corrected chi connectivity index (χ0v) is 11.3. The molecule has 19 heavy (non-hydrogen) atoms. The normalized spacial score (nSPS) is 12.3. The maximum absolute atomic E-state index is 5.14. The van der Waals surface area contributed by atoms with Crippen LogP contribution in [0.2, 0.25) is 0 Å². The second-order valence-electron chi connectivity index (χ2n) is 4.43. The van der Waals surface area contributed by atoms with Crippen molar-refractivity contribution in [3.63, 3.8) is 0 Å².